The molecule has 1 aliphatic rings. The molecule has 2 heterocycles. The Morgan fingerprint density at radius 2 is 1.81 bits per heavy atom. The second-order valence-electron chi connectivity index (χ2n) is 7.50. The summed E-state index contributed by atoms with van der Waals surface area (Å²) in [6.07, 6.45) is 2.09. The van der Waals surface area contributed by atoms with Crippen molar-refractivity contribution in [3.63, 3.8) is 0 Å². The van der Waals surface area contributed by atoms with Gasteiger partial charge in [0.1, 0.15) is 0 Å². The largest absolute Gasteiger partial charge is 0.345 e. The number of fused-ring (bicyclic) bond motifs is 1. The van der Waals surface area contributed by atoms with E-state index in [2.05, 4.69) is 29.4 Å². The number of benzene rings is 2. The van der Waals surface area contributed by atoms with Gasteiger partial charge in [0.2, 0.25) is 5.91 Å². The molecule has 1 saturated heterocycles. The summed E-state index contributed by atoms with van der Waals surface area (Å²) in [5.41, 5.74) is 1.79. The molecule has 4 rings (SSSR count). The van der Waals surface area contributed by atoms with E-state index in [1.54, 1.807) is 40.1 Å². The van der Waals surface area contributed by atoms with Crippen LogP contribution < -0.4 is 4.90 Å². The van der Waals surface area contributed by atoms with Crippen LogP contribution in [0.1, 0.15) is 12.0 Å². The Morgan fingerprint density at radius 3 is 2.52 bits per heavy atom. The lowest BCUT2D eigenvalue weighted by atomic mass is 10.2. The van der Waals surface area contributed by atoms with Gasteiger partial charge in [-0.15, -0.1) is 11.8 Å². The quantitative estimate of drug-likeness (QED) is 0.486. The lowest BCUT2D eigenvalue weighted by Crippen LogP contribution is -2.49. The molecule has 0 N–H and O–H groups in total. The third kappa shape index (κ3) is 5.39. The Kier molecular flexibility index (Phi) is 6.83. The molecule has 1 fully saturated rings. The van der Waals surface area contributed by atoms with Crippen LogP contribution in [0.4, 0.5) is 5.13 Å². The van der Waals surface area contributed by atoms with Gasteiger partial charge in [0.05, 0.1) is 21.7 Å². The van der Waals surface area contributed by atoms with E-state index in [9.17, 15) is 13.2 Å². The molecule has 0 saturated carbocycles. The van der Waals surface area contributed by atoms with Gasteiger partial charge in [0.15, 0.2) is 15.0 Å². The minimum atomic E-state index is -3.31. The number of aromatic nitrogens is 1. The van der Waals surface area contributed by atoms with E-state index >= 15 is 0 Å². The minimum absolute atomic E-state index is 0.0233. The van der Waals surface area contributed by atoms with Gasteiger partial charge in [-0.25, -0.2) is 13.4 Å². The van der Waals surface area contributed by atoms with Gasteiger partial charge < -0.3 is 9.80 Å². The van der Waals surface area contributed by atoms with Crippen LogP contribution in [0, 0.1) is 0 Å². The van der Waals surface area contributed by atoms with Gasteiger partial charge >= 0.3 is 0 Å². The summed E-state index contributed by atoms with van der Waals surface area (Å²) in [5.74, 6) is -0.230. The number of hydrogen-bond donors (Lipinski definition) is 0. The number of hydrogen-bond acceptors (Lipinski definition) is 7. The van der Waals surface area contributed by atoms with Gasteiger partial charge in [0, 0.05) is 37.5 Å². The fourth-order valence-electron chi connectivity index (χ4n) is 3.66. The summed E-state index contributed by atoms with van der Waals surface area (Å²) in [6.45, 7) is 2.58. The number of rotatable bonds is 7. The first-order valence-corrected chi connectivity index (χ1v) is 14.0. The molecule has 0 atom stereocenters. The van der Waals surface area contributed by atoms with Crippen molar-refractivity contribution in [3.8, 4) is 0 Å². The van der Waals surface area contributed by atoms with E-state index < -0.39 is 9.84 Å². The van der Waals surface area contributed by atoms with Crippen LogP contribution in [0.25, 0.3) is 10.2 Å². The number of carbonyl (C=O) groups excluding carboxylic acids is 1. The summed E-state index contributed by atoms with van der Waals surface area (Å²) >= 11 is 3.37. The van der Waals surface area contributed by atoms with Crippen molar-refractivity contribution in [1.82, 2.24) is 9.88 Å². The molecule has 164 valence electrons. The van der Waals surface area contributed by atoms with Gasteiger partial charge in [-0.1, -0.05) is 47.7 Å². The maximum Gasteiger partial charge on any atom is 0.223 e. The molecule has 1 aromatic heterocycles. The van der Waals surface area contributed by atoms with Crippen LogP contribution in [-0.4, -0.2) is 62.4 Å². The number of carbonyl (C=O) groups is 1. The van der Waals surface area contributed by atoms with Crippen molar-refractivity contribution in [1.29, 1.82) is 0 Å². The second-order valence-corrected chi connectivity index (χ2v) is 11.5. The molecular weight excluding hydrogens is 450 g/mol. The van der Waals surface area contributed by atoms with Crippen molar-refractivity contribution in [2.75, 3.05) is 43.1 Å². The lowest BCUT2D eigenvalue weighted by Gasteiger charge is -2.34. The molecule has 6 nitrogen and oxygen atoms in total. The van der Waals surface area contributed by atoms with E-state index in [-0.39, 0.29) is 23.8 Å². The first-order valence-electron chi connectivity index (χ1n) is 10.2. The van der Waals surface area contributed by atoms with Gasteiger partial charge in [-0.05, 0) is 24.0 Å². The van der Waals surface area contributed by atoms with Crippen molar-refractivity contribution in [2.45, 2.75) is 17.1 Å². The van der Waals surface area contributed by atoms with Gasteiger partial charge in [0.25, 0.3) is 0 Å². The highest BCUT2D eigenvalue weighted by Gasteiger charge is 2.24. The number of nitrogens with zero attached hydrogens (tertiary/aromatic N) is 3. The summed E-state index contributed by atoms with van der Waals surface area (Å²) in [7, 11) is -3.31. The molecule has 0 bridgehead atoms. The first-order chi connectivity index (χ1) is 14.9. The summed E-state index contributed by atoms with van der Waals surface area (Å²) in [5, 5.41) is 0.981. The number of sulfone groups is 1. The third-order valence-corrected chi connectivity index (χ3v) is 8.80. The molecule has 1 amide bonds. The van der Waals surface area contributed by atoms with Gasteiger partial charge in [-0.2, -0.15) is 0 Å². The van der Waals surface area contributed by atoms with Crippen molar-refractivity contribution < 1.29 is 13.2 Å². The normalized spacial score (nSPS) is 14.9. The zero-order valence-corrected chi connectivity index (χ0v) is 19.8. The molecule has 2 aromatic carbocycles. The smallest absolute Gasteiger partial charge is 0.223 e. The van der Waals surface area contributed by atoms with Crippen molar-refractivity contribution >= 4 is 54.2 Å². The number of piperazine rings is 1. The maximum atomic E-state index is 12.6. The van der Waals surface area contributed by atoms with Crippen molar-refractivity contribution in [2.24, 2.45) is 0 Å². The number of amides is 1. The first kappa shape index (κ1) is 22.1. The Balaban J connectivity index is 1.31. The predicted molar refractivity (Wildman–Crippen MR) is 129 cm³/mol. The Hall–Kier alpha value is -2.10. The van der Waals surface area contributed by atoms with Crippen LogP contribution >= 0.6 is 23.1 Å². The highest BCUT2D eigenvalue weighted by atomic mass is 32.2. The lowest BCUT2D eigenvalue weighted by molar-refractivity contribution is -0.131. The maximum absolute atomic E-state index is 12.6. The van der Waals surface area contributed by atoms with Crippen LogP contribution in [0.3, 0.4) is 0 Å². The standard InChI is InChI=1S/C22H25N3O3S3/c1-29-18-8-5-9-19-21(18)23-22(30-19)25-13-11-24(12-14-25)20(26)10-15-31(27,28)16-17-6-3-2-4-7-17/h2-9H,10-16H2,1H3. The molecule has 31 heavy (non-hydrogen) atoms. The zero-order chi connectivity index (χ0) is 21.8. The third-order valence-electron chi connectivity index (χ3n) is 5.35. The van der Waals surface area contributed by atoms with Crippen LogP contribution in [0.5, 0.6) is 0 Å². The Labute approximate surface area is 191 Å². The summed E-state index contributed by atoms with van der Waals surface area (Å²) in [6, 6.07) is 15.3. The molecule has 1 aliphatic heterocycles. The summed E-state index contributed by atoms with van der Waals surface area (Å²) in [4.78, 5) is 22.6. The van der Waals surface area contributed by atoms with E-state index in [0.29, 0.717) is 26.2 Å². The number of thiazole rings is 1. The van der Waals surface area contributed by atoms with E-state index in [1.807, 2.05) is 18.2 Å². The highest BCUT2D eigenvalue weighted by Crippen LogP contribution is 2.34. The molecule has 3 aromatic rings. The van der Waals surface area contributed by atoms with Crippen LogP contribution in [0.2, 0.25) is 0 Å². The molecular formula is C22H25N3O3S3. The molecule has 0 aliphatic carbocycles. The Morgan fingerprint density at radius 1 is 1.06 bits per heavy atom. The molecule has 9 heteroatoms. The van der Waals surface area contributed by atoms with Crippen molar-refractivity contribution in [3.05, 3.63) is 54.1 Å². The SMILES string of the molecule is CSc1cccc2sc(N3CCN(C(=O)CCS(=O)(=O)Cc4ccccc4)CC3)nc12. The average molecular weight is 476 g/mol. The Bertz CT molecular complexity index is 1150. The van der Waals surface area contributed by atoms with E-state index in [0.717, 1.165) is 16.2 Å². The average Bonchev–Trinajstić information content (AvgIpc) is 3.22. The number of thioether (sulfide) groups is 1. The zero-order valence-electron chi connectivity index (χ0n) is 17.4. The van der Waals surface area contributed by atoms with E-state index in [4.69, 9.17) is 4.98 Å². The topological polar surface area (TPSA) is 70.6 Å². The fourth-order valence-corrected chi connectivity index (χ4v) is 6.66. The number of anilines is 1. The predicted octanol–water partition coefficient (Wildman–Crippen LogP) is 3.67. The van der Waals surface area contributed by atoms with Crippen LogP contribution in [-0.2, 0) is 20.4 Å². The monoisotopic (exact) mass is 475 g/mol. The molecule has 0 spiro atoms. The molecule has 0 radical (unpaired) electrons. The highest BCUT2D eigenvalue weighted by molar-refractivity contribution is 7.98. The summed E-state index contributed by atoms with van der Waals surface area (Å²) < 4.78 is 25.9. The van der Waals surface area contributed by atoms with E-state index in [1.165, 1.54) is 9.60 Å². The minimum Gasteiger partial charge on any atom is -0.345 e. The fraction of sp³-hybridized carbons (Fsp3) is 0.364. The number of para-hydroxylation sites is 1. The van der Waals surface area contributed by atoms with Gasteiger partial charge in [-0.3, -0.25) is 4.79 Å². The molecule has 0 unspecified atom stereocenters. The van der Waals surface area contributed by atoms with Crippen LogP contribution in [0.15, 0.2) is 53.4 Å². The second kappa shape index (κ2) is 9.58.